The molecule has 2 heteroatoms. The van der Waals surface area contributed by atoms with Crippen LogP contribution in [0.4, 0.5) is 0 Å². The molecule has 1 aliphatic rings. The van der Waals surface area contributed by atoms with E-state index in [9.17, 15) is 4.79 Å². The molecule has 0 amide bonds. The molecule has 1 atom stereocenters. The van der Waals surface area contributed by atoms with Crippen LogP contribution in [0.1, 0.15) is 37.2 Å². The Morgan fingerprint density at radius 3 is 3.00 bits per heavy atom. The number of hydrogen-bond acceptors (Lipinski definition) is 1. The second-order valence-electron chi connectivity index (χ2n) is 3.94. The summed E-state index contributed by atoms with van der Waals surface area (Å²) >= 11 is 0. The zero-order valence-electron chi connectivity index (χ0n) is 7.99. The fourth-order valence-electron chi connectivity index (χ4n) is 2.08. The number of carbonyl (C=O) groups excluding carboxylic acids is 1. The van der Waals surface area contributed by atoms with Crippen molar-refractivity contribution in [3.63, 3.8) is 0 Å². The molecule has 1 aromatic rings. The number of aryl methyl sites for hydroxylation is 1. The first-order chi connectivity index (χ1) is 6.25. The van der Waals surface area contributed by atoms with Crippen molar-refractivity contribution in [2.45, 2.75) is 31.6 Å². The summed E-state index contributed by atoms with van der Waals surface area (Å²) in [4.78, 5) is 11.2. The molecule has 1 aliphatic carbocycles. The van der Waals surface area contributed by atoms with Gasteiger partial charge in [0.1, 0.15) is 5.78 Å². The average molecular weight is 177 g/mol. The van der Waals surface area contributed by atoms with Crippen molar-refractivity contribution in [2.24, 2.45) is 7.05 Å². The average Bonchev–Trinajstić information content (AvgIpc) is 2.52. The van der Waals surface area contributed by atoms with Gasteiger partial charge in [-0.3, -0.25) is 4.79 Å². The van der Waals surface area contributed by atoms with Gasteiger partial charge in [-0.25, -0.2) is 0 Å². The van der Waals surface area contributed by atoms with Gasteiger partial charge in [-0.2, -0.15) is 0 Å². The lowest BCUT2D eigenvalue weighted by molar-refractivity contribution is -0.120. The molecule has 0 bridgehead atoms. The van der Waals surface area contributed by atoms with Gasteiger partial charge in [-0.15, -0.1) is 0 Å². The third-order valence-electron chi connectivity index (χ3n) is 2.81. The lowest BCUT2D eigenvalue weighted by Gasteiger charge is -2.19. The molecular formula is C11H15NO. The first-order valence-corrected chi connectivity index (χ1v) is 4.89. The van der Waals surface area contributed by atoms with E-state index in [1.54, 1.807) is 0 Å². The topological polar surface area (TPSA) is 22.0 Å². The predicted molar refractivity (Wildman–Crippen MR) is 51.6 cm³/mol. The van der Waals surface area contributed by atoms with Crippen LogP contribution >= 0.6 is 0 Å². The Kier molecular flexibility index (Phi) is 2.21. The quantitative estimate of drug-likeness (QED) is 0.645. The fraction of sp³-hybridized carbons (Fsp3) is 0.545. The molecule has 70 valence electrons. The number of nitrogens with zero attached hydrogens (tertiary/aromatic N) is 1. The van der Waals surface area contributed by atoms with E-state index in [0.29, 0.717) is 11.7 Å². The number of aromatic nitrogens is 1. The Bertz CT molecular complexity index is 314. The summed E-state index contributed by atoms with van der Waals surface area (Å²) < 4.78 is 2.05. The van der Waals surface area contributed by atoms with Crippen LogP contribution in [0.25, 0.3) is 0 Å². The van der Waals surface area contributed by atoms with E-state index in [1.807, 2.05) is 7.05 Å². The molecule has 1 heterocycles. The van der Waals surface area contributed by atoms with E-state index in [-0.39, 0.29) is 0 Å². The van der Waals surface area contributed by atoms with Crippen LogP contribution in [0, 0.1) is 0 Å². The Morgan fingerprint density at radius 1 is 1.54 bits per heavy atom. The first-order valence-electron chi connectivity index (χ1n) is 4.89. The predicted octanol–water partition coefficient (Wildman–Crippen LogP) is 2.25. The maximum absolute atomic E-state index is 11.2. The summed E-state index contributed by atoms with van der Waals surface area (Å²) in [7, 11) is 2.02. The van der Waals surface area contributed by atoms with Crippen molar-refractivity contribution in [3.05, 3.63) is 24.0 Å². The molecule has 1 saturated carbocycles. The number of ketones is 1. The smallest absolute Gasteiger partial charge is 0.133 e. The van der Waals surface area contributed by atoms with Gasteiger partial charge in [0.25, 0.3) is 0 Å². The first kappa shape index (κ1) is 8.54. The maximum atomic E-state index is 11.2. The minimum atomic E-state index is 0.431. The van der Waals surface area contributed by atoms with Gasteiger partial charge >= 0.3 is 0 Å². The van der Waals surface area contributed by atoms with Gasteiger partial charge in [-0.1, -0.05) is 0 Å². The molecule has 0 spiro atoms. The number of rotatable bonds is 1. The molecule has 1 aromatic heterocycles. The summed E-state index contributed by atoms with van der Waals surface area (Å²) in [6, 6.07) is 2.13. The van der Waals surface area contributed by atoms with E-state index in [4.69, 9.17) is 0 Å². The minimum absolute atomic E-state index is 0.431. The van der Waals surface area contributed by atoms with Crippen LogP contribution in [0.2, 0.25) is 0 Å². The lowest BCUT2D eigenvalue weighted by atomic mass is 9.84. The molecule has 0 aromatic carbocycles. The van der Waals surface area contributed by atoms with Crippen molar-refractivity contribution in [1.82, 2.24) is 4.57 Å². The SMILES string of the molecule is Cn1ccc(C2CCCC(=O)C2)c1. The number of hydrogen-bond donors (Lipinski definition) is 0. The lowest BCUT2D eigenvalue weighted by Crippen LogP contribution is -2.12. The normalized spacial score (nSPS) is 23.5. The van der Waals surface area contributed by atoms with Gasteiger partial charge in [0, 0.05) is 32.3 Å². The van der Waals surface area contributed by atoms with Gasteiger partial charge in [0.2, 0.25) is 0 Å². The van der Waals surface area contributed by atoms with Crippen LogP contribution in [0.3, 0.4) is 0 Å². The van der Waals surface area contributed by atoms with Crippen LogP contribution in [0.5, 0.6) is 0 Å². The minimum Gasteiger partial charge on any atom is -0.357 e. The number of Topliss-reactive ketones (excluding diaryl/α,β-unsaturated/α-hetero) is 1. The summed E-state index contributed by atoms with van der Waals surface area (Å²) in [5.74, 6) is 0.919. The monoisotopic (exact) mass is 177 g/mol. The highest BCUT2D eigenvalue weighted by molar-refractivity contribution is 5.80. The van der Waals surface area contributed by atoms with E-state index >= 15 is 0 Å². The van der Waals surface area contributed by atoms with E-state index in [1.165, 1.54) is 12.0 Å². The third kappa shape index (κ3) is 1.82. The van der Waals surface area contributed by atoms with Gasteiger partial charge < -0.3 is 4.57 Å². The summed E-state index contributed by atoms with van der Waals surface area (Å²) in [6.45, 7) is 0. The molecule has 2 rings (SSSR count). The van der Waals surface area contributed by atoms with Crippen LogP contribution in [-0.4, -0.2) is 10.4 Å². The molecule has 2 nitrogen and oxygen atoms in total. The molecule has 0 N–H and O–H groups in total. The van der Waals surface area contributed by atoms with Crippen LogP contribution < -0.4 is 0 Å². The third-order valence-corrected chi connectivity index (χ3v) is 2.81. The van der Waals surface area contributed by atoms with Gasteiger partial charge in [0.05, 0.1) is 0 Å². The molecule has 1 fully saturated rings. The second kappa shape index (κ2) is 3.36. The summed E-state index contributed by atoms with van der Waals surface area (Å²) in [6.07, 6.45) is 7.97. The Hall–Kier alpha value is -1.05. The molecular weight excluding hydrogens is 162 g/mol. The van der Waals surface area contributed by atoms with Crippen LogP contribution in [-0.2, 0) is 11.8 Å². The maximum Gasteiger partial charge on any atom is 0.133 e. The summed E-state index contributed by atoms with van der Waals surface area (Å²) in [5.41, 5.74) is 1.33. The zero-order valence-corrected chi connectivity index (χ0v) is 7.99. The van der Waals surface area contributed by atoms with E-state index in [2.05, 4.69) is 23.0 Å². The Labute approximate surface area is 78.6 Å². The fourth-order valence-corrected chi connectivity index (χ4v) is 2.08. The van der Waals surface area contributed by atoms with Crippen molar-refractivity contribution in [1.29, 1.82) is 0 Å². The second-order valence-corrected chi connectivity index (χ2v) is 3.94. The van der Waals surface area contributed by atoms with Gasteiger partial charge in [0.15, 0.2) is 0 Å². The summed E-state index contributed by atoms with van der Waals surface area (Å²) in [5, 5.41) is 0. The van der Waals surface area contributed by atoms with Crippen molar-refractivity contribution >= 4 is 5.78 Å². The molecule has 0 radical (unpaired) electrons. The Balaban J connectivity index is 2.12. The van der Waals surface area contributed by atoms with Crippen molar-refractivity contribution in [3.8, 4) is 0 Å². The largest absolute Gasteiger partial charge is 0.357 e. The van der Waals surface area contributed by atoms with Gasteiger partial charge in [-0.05, 0) is 30.4 Å². The highest BCUT2D eigenvalue weighted by Gasteiger charge is 2.21. The number of carbonyl (C=O) groups is 1. The highest BCUT2D eigenvalue weighted by Crippen LogP contribution is 2.30. The molecule has 0 aliphatic heterocycles. The standard InChI is InChI=1S/C11H15NO/c1-12-6-5-10(8-12)9-3-2-4-11(13)7-9/h5-6,8-9H,2-4,7H2,1H3. The highest BCUT2D eigenvalue weighted by atomic mass is 16.1. The Morgan fingerprint density at radius 2 is 2.38 bits per heavy atom. The van der Waals surface area contributed by atoms with Crippen molar-refractivity contribution < 1.29 is 4.79 Å². The van der Waals surface area contributed by atoms with E-state index in [0.717, 1.165) is 19.3 Å². The zero-order chi connectivity index (χ0) is 9.26. The molecule has 0 saturated heterocycles. The molecule has 13 heavy (non-hydrogen) atoms. The van der Waals surface area contributed by atoms with Crippen LogP contribution in [0.15, 0.2) is 18.5 Å². The molecule has 1 unspecified atom stereocenters. The van der Waals surface area contributed by atoms with E-state index < -0.39 is 0 Å². The van der Waals surface area contributed by atoms with Crippen molar-refractivity contribution in [2.75, 3.05) is 0 Å².